The van der Waals surface area contributed by atoms with Gasteiger partial charge in [0.25, 0.3) is 0 Å². The number of hydrogen-bond donors (Lipinski definition) is 0. The fraction of sp³-hybridized carbons (Fsp3) is 0.895. The molecule has 0 saturated heterocycles. The number of allylic oxidation sites excluding steroid dienone is 1. The van der Waals surface area contributed by atoms with E-state index in [0.29, 0.717) is 12.4 Å². The van der Waals surface area contributed by atoms with Crippen LogP contribution >= 0.6 is 0 Å². The van der Waals surface area contributed by atoms with E-state index in [0.717, 1.165) is 69.5 Å². The maximum atomic E-state index is 13.1. The van der Waals surface area contributed by atoms with Gasteiger partial charge in [-0.25, -0.2) is 0 Å². The summed E-state index contributed by atoms with van der Waals surface area (Å²) in [5.74, 6) is 2.44. The smallest absolute Gasteiger partial charge is 0.312 e. The molecule has 0 spiro atoms. The van der Waals surface area contributed by atoms with Crippen molar-refractivity contribution in [3.8, 4) is 0 Å². The van der Waals surface area contributed by atoms with Gasteiger partial charge in [0.15, 0.2) is 5.90 Å². The van der Waals surface area contributed by atoms with Gasteiger partial charge in [0.1, 0.15) is 17.8 Å². The molecule has 0 saturated carbocycles. The van der Waals surface area contributed by atoms with Crippen molar-refractivity contribution in [1.82, 2.24) is 0 Å². The lowest BCUT2D eigenvalue weighted by molar-refractivity contribution is -0.160. The van der Waals surface area contributed by atoms with Gasteiger partial charge in [0, 0.05) is 13.3 Å². The highest BCUT2D eigenvalue weighted by Gasteiger charge is 2.42. The quantitative estimate of drug-likeness (QED) is 0.0381. The predicted octanol–water partition coefficient (Wildman–Crippen LogP) is 11.5. The highest BCUT2D eigenvalue weighted by atomic mass is 16.5. The van der Waals surface area contributed by atoms with E-state index in [2.05, 4.69) is 94.7 Å². The summed E-state index contributed by atoms with van der Waals surface area (Å²) in [6.07, 6.45) is 14.0. The number of esters is 1. The van der Waals surface area contributed by atoms with Gasteiger partial charge in [-0.1, -0.05) is 100 Å². The Bertz CT molecular complexity index is 826. The Kier molecular flexibility index (Phi) is 19.1. The molecule has 0 heterocycles. The Morgan fingerprint density at radius 3 is 2.07 bits per heavy atom. The second-order valence-corrected chi connectivity index (χ2v) is 15.5. The summed E-state index contributed by atoms with van der Waals surface area (Å²) < 4.78 is 18.4. The molecule has 43 heavy (non-hydrogen) atoms. The first-order valence-electron chi connectivity index (χ1n) is 17.6. The maximum absolute atomic E-state index is 13.1. The molecule has 0 aliphatic rings. The predicted molar refractivity (Wildman–Crippen MR) is 186 cm³/mol. The van der Waals surface area contributed by atoms with Gasteiger partial charge in [0.2, 0.25) is 0 Å². The maximum Gasteiger partial charge on any atom is 0.312 e. The van der Waals surface area contributed by atoms with Crippen LogP contribution in [0.2, 0.25) is 0 Å². The van der Waals surface area contributed by atoms with E-state index in [1.54, 1.807) is 0 Å². The molecule has 0 N–H and O–H groups in total. The van der Waals surface area contributed by atoms with E-state index in [-0.39, 0.29) is 35.1 Å². The molecular weight excluding hydrogens is 534 g/mol. The van der Waals surface area contributed by atoms with Crippen molar-refractivity contribution in [1.29, 1.82) is 0 Å². The zero-order valence-corrected chi connectivity index (χ0v) is 31.0. The Morgan fingerprint density at radius 1 is 0.884 bits per heavy atom. The van der Waals surface area contributed by atoms with Crippen molar-refractivity contribution in [3.05, 3.63) is 12.3 Å². The third-order valence-electron chi connectivity index (χ3n) is 9.27. The van der Waals surface area contributed by atoms with Gasteiger partial charge in [-0.2, -0.15) is 0 Å². The molecule has 0 radical (unpaired) electrons. The number of carbonyl (C=O) groups is 1. The van der Waals surface area contributed by atoms with Gasteiger partial charge in [-0.15, -0.1) is 0 Å². The van der Waals surface area contributed by atoms with Gasteiger partial charge >= 0.3 is 5.97 Å². The SMILES string of the molecule is C=C(CCCCCC(C)(CC)OC(C)=NCCOC(=O)C(C)(CC(C)(C)C)C(C)CC)OC(C)(C)CC(CC)CCCC. The van der Waals surface area contributed by atoms with Crippen molar-refractivity contribution < 1.29 is 19.0 Å². The number of rotatable bonds is 23. The molecule has 0 aliphatic heterocycles. The third kappa shape index (κ3) is 17.5. The summed E-state index contributed by atoms with van der Waals surface area (Å²) in [7, 11) is 0. The van der Waals surface area contributed by atoms with Crippen molar-refractivity contribution in [2.24, 2.45) is 27.7 Å². The lowest BCUT2D eigenvalue weighted by Gasteiger charge is -2.38. The zero-order chi connectivity index (χ0) is 33.3. The standard InChI is InChI=1S/C38H73NO4/c1-15-19-24-33(17-3)28-36(11,12)42-31(6)23-21-20-22-25-37(13,18-4)43-32(7)39-26-27-41-34(40)38(14,30(5)16-2)29-35(8,9)10/h30,33H,6,15-29H2,1-5,7-14H3. The molecule has 5 heteroatoms. The molecule has 5 nitrogen and oxygen atoms in total. The number of hydrogen-bond acceptors (Lipinski definition) is 5. The highest BCUT2D eigenvalue weighted by Crippen LogP contribution is 2.41. The second-order valence-electron chi connectivity index (χ2n) is 15.5. The highest BCUT2D eigenvalue weighted by molar-refractivity contribution is 5.77. The summed E-state index contributed by atoms with van der Waals surface area (Å²) in [5.41, 5.74) is -0.857. The van der Waals surface area contributed by atoms with Crippen LogP contribution in [-0.2, 0) is 19.0 Å². The first-order valence-corrected chi connectivity index (χ1v) is 17.6. The minimum Gasteiger partial charge on any atom is -0.493 e. The van der Waals surface area contributed by atoms with Crippen LogP contribution in [0.15, 0.2) is 17.3 Å². The lowest BCUT2D eigenvalue weighted by Crippen LogP contribution is -2.39. The molecule has 0 bridgehead atoms. The largest absolute Gasteiger partial charge is 0.493 e. The van der Waals surface area contributed by atoms with Crippen LogP contribution in [0, 0.1) is 22.7 Å². The molecule has 0 fully saturated rings. The van der Waals surface area contributed by atoms with Crippen LogP contribution in [0.25, 0.3) is 0 Å². The molecular formula is C38H73NO4. The van der Waals surface area contributed by atoms with Crippen LogP contribution in [0.3, 0.4) is 0 Å². The van der Waals surface area contributed by atoms with Gasteiger partial charge in [-0.3, -0.25) is 9.79 Å². The fourth-order valence-corrected chi connectivity index (χ4v) is 6.31. The number of ether oxygens (including phenoxy) is 3. The Balaban J connectivity index is 4.64. The minimum absolute atomic E-state index is 0.0506. The molecule has 0 amide bonds. The Hall–Kier alpha value is -1.52. The normalized spacial score (nSPS) is 17.0. The first-order chi connectivity index (χ1) is 19.9. The molecule has 0 rings (SSSR count). The van der Waals surface area contributed by atoms with Crippen LogP contribution in [0.4, 0.5) is 0 Å². The van der Waals surface area contributed by atoms with Crippen LogP contribution < -0.4 is 0 Å². The second kappa shape index (κ2) is 19.8. The Labute approximate surface area is 268 Å². The van der Waals surface area contributed by atoms with E-state index in [1.165, 1.54) is 25.7 Å². The van der Waals surface area contributed by atoms with E-state index in [1.807, 2.05) is 6.92 Å². The fourth-order valence-electron chi connectivity index (χ4n) is 6.31. The topological polar surface area (TPSA) is 57.1 Å². The average molecular weight is 608 g/mol. The van der Waals surface area contributed by atoms with Gasteiger partial charge in [0.05, 0.1) is 17.7 Å². The van der Waals surface area contributed by atoms with Crippen molar-refractivity contribution in [2.45, 2.75) is 185 Å². The summed E-state index contributed by atoms with van der Waals surface area (Å²) in [6.45, 7) is 33.0. The average Bonchev–Trinajstić information content (AvgIpc) is 2.91. The van der Waals surface area contributed by atoms with E-state index >= 15 is 0 Å². The zero-order valence-electron chi connectivity index (χ0n) is 31.0. The number of aliphatic imine (C=N–C) groups is 1. The number of carbonyl (C=O) groups excluding carboxylic acids is 1. The summed E-state index contributed by atoms with van der Waals surface area (Å²) >= 11 is 0. The third-order valence-corrected chi connectivity index (χ3v) is 9.27. The molecule has 4 unspecified atom stereocenters. The van der Waals surface area contributed by atoms with E-state index < -0.39 is 5.41 Å². The number of unbranched alkanes of at least 4 members (excludes halogenated alkanes) is 3. The molecule has 0 aromatic carbocycles. The summed E-state index contributed by atoms with van der Waals surface area (Å²) in [6, 6.07) is 0. The molecule has 0 aliphatic carbocycles. The van der Waals surface area contributed by atoms with Crippen LogP contribution in [-0.4, -0.2) is 36.2 Å². The Morgan fingerprint density at radius 2 is 1.53 bits per heavy atom. The van der Waals surface area contributed by atoms with Gasteiger partial charge in [-0.05, 0) is 83.5 Å². The molecule has 0 aromatic heterocycles. The molecule has 4 atom stereocenters. The van der Waals surface area contributed by atoms with Crippen molar-refractivity contribution in [3.63, 3.8) is 0 Å². The van der Waals surface area contributed by atoms with E-state index in [4.69, 9.17) is 14.2 Å². The van der Waals surface area contributed by atoms with E-state index in [9.17, 15) is 4.79 Å². The van der Waals surface area contributed by atoms with Crippen LogP contribution in [0.1, 0.15) is 173 Å². The summed E-state index contributed by atoms with van der Waals surface area (Å²) in [5, 5.41) is 0. The van der Waals surface area contributed by atoms with Crippen molar-refractivity contribution >= 4 is 11.9 Å². The number of nitrogens with zero attached hydrogens (tertiary/aromatic N) is 1. The monoisotopic (exact) mass is 608 g/mol. The van der Waals surface area contributed by atoms with Crippen LogP contribution in [0.5, 0.6) is 0 Å². The molecule has 0 aromatic rings. The first kappa shape index (κ1) is 41.5. The summed E-state index contributed by atoms with van der Waals surface area (Å²) in [4.78, 5) is 17.7. The lowest BCUT2D eigenvalue weighted by atomic mass is 9.67. The molecule has 254 valence electrons. The minimum atomic E-state index is -0.496. The van der Waals surface area contributed by atoms with Gasteiger partial charge < -0.3 is 14.2 Å². The van der Waals surface area contributed by atoms with Crippen molar-refractivity contribution in [2.75, 3.05) is 13.2 Å².